The molecule has 2 rings (SSSR count). The van der Waals surface area contributed by atoms with Gasteiger partial charge in [0, 0.05) is 28.5 Å². The molecule has 0 aliphatic rings. The highest BCUT2D eigenvalue weighted by Gasteiger charge is 2.06. The summed E-state index contributed by atoms with van der Waals surface area (Å²) in [4.78, 5) is 23.3. The molecule has 0 heterocycles. The Kier molecular flexibility index (Phi) is 5.55. The lowest BCUT2D eigenvalue weighted by atomic mass is 10.2. The number of hydrogen-bond acceptors (Lipinski definition) is 3. The summed E-state index contributed by atoms with van der Waals surface area (Å²) in [5, 5.41) is 8.36. The van der Waals surface area contributed by atoms with Crippen molar-refractivity contribution >= 4 is 39.1 Å². The summed E-state index contributed by atoms with van der Waals surface area (Å²) in [5.74, 6) is -0.322. The van der Waals surface area contributed by atoms with Gasteiger partial charge in [0.15, 0.2) is 0 Å². The third-order valence-corrected chi connectivity index (χ3v) is 3.66. The van der Waals surface area contributed by atoms with E-state index < -0.39 is 0 Å². The molecule has 0 atom stereocenters. The van der Waals surface area contributed by atoms with E-state index in [2.05, 4.69) is 31.9 Å². The predicted octanol–water partition coefficient (Wildman–Crippen LogP) is 2.86. The van der Waals surface area contributed by atoms with Crippen LogP contribution in [0.3, 0.4) is 0 Å². The molecule has 0 aliphatic carbocycles. The summed E-state index contributed by atoms with van der Waals surface area (Å²) >= 11 is 3.41. The van der Waals surface area contributed by atoms with Gasteiger partial charge in [-0.2, -0.15) is 0 Å². The molecule has 2 aromatic carbocycles. The average Bonchev–Trinajstić information content (AvgIpc) is 2.54. The Bertz CT molecular complexity index is 671. The number of halogens is 1. The fourth-order valence-corrected chi connectivity index (χ4v) is 2.26. The van der Waals surface area contributed by atoms with Crippen LogP contribution in [0.4, 0.5) is 11.4 Å². The lowest BCUT2D eigenvalue weighted by molar-refractivity contribution is -0.114. The molecule has 0 fully saturated rings. The van der Waals surface area contributed by atoms with E-state index in [0.717, 1.165) is 10.2 Å². The van der Waals surface area contributed by atoms with Gasteiger partial charge in [0.25, 0.3) is 5.91 Å². The summed E-state index contributed by atoms with van der Waals surface area (Å²) in [6.07, 6.45) is 0. The number of anilines is 2. The molecule has 2 amide bonds. The number of nitrogens with one attached hydrogen (secondary N) is 3. The van der Waals surface area contributed by atoms with E-state index in [4.69, 9.17) is 0 Å². The van der Waals surface area contributed by atoms with Crippen molar-refractivity contribution in [2.75, 3.05) is 24.2 Å². The normalized spacial score (nSPS) is 9.91. The Morgan fingerprint density at radius 1 is 1.05 bits per heavy atom. The van der Waals surface area contributed by atoms with Crippen LogP contribution >= 0.6 is 15.9 Å². The molecule has 3 N–H and O–H groups in total. The quantitative estimate of drug-likeness (QED) is 0.766. The summed E-state index contributed by atoms with van der Waals surface area (Å²) in [7, 11) is 1.57. The van der Waals surface area contributed by atoms with E-state index in [9.17, 15) is 9.59 Å². The molecule has 22 heavy (non-hydrogen) atoms. The first-order valence-electron chi connectivity index (χ1n) is 6.70. The molecule has 0 bridgehead atoms. The van der Waals surface area contributed by atoms with Crippen molar-refractivity contribution in [3.8, 4) is 0 Å². The van der Waals surface area contributed by atoms with Crippen LogP contribution in [0.15, 0.2) is 53.0 Å². The largest absolute Gasteiger partial charge is 0.375 e. The van der Waals surface area contributed by atoms with Gasteiger partial charge in [0.2, 0.25) is 5.91 Å². The van der Waals surface area contributed by atoms with Crippen LogP contribution in [0.25, 0.3) is 0 Å². The molecule has 114 valence electrons. The van der Waals surface area contributed by atoms with E-state index in [0.29, 0.717) is 11.3 Å². The third-order valence-electron chi connectivity index (χ3n) is 2.97. The molecule has 2 aromatic rings. The lowest BCUT2D eigenvalue weighted by Crippen LogP contribution is -2.22. The fraction of sp³-hybridized carbons (Fsp3) is 0.125. The van der Waals surface area contributed by atoms with Crippen LogP contribution < -0.4 is 16.0 Å². The SMILES string of the molecule is CNC(=O)c1ccc(NC(=O)CNc2ccccc2Br)cc1. The Labute approximate surface area is 137 Å². The van der Waals surface area contributed by atoms with Crippen molar-refractivity contribution in [3.05, 3.63) is 58.6 Å². The maximum atomic E-state index is 11.9. The smallest absolute Gasteiger partial charge is 0.251 e. The second-order valence-electron chi connectivity index (χ2n) is 4.54. The zero-order valence-electron chi connectivity index (χ0n) is 12.0. The van der Waals surface area contributed by atoms with Crippen molar-refractivity contribution in [2.24, 2.45) is 0 Å². The number of hydrogen-bond donors (Lipinski definition) is 3. The zero-order valence-corrected chi connectivity index (χ0v) is 13.6. The number of para-hydroxylation sites is 1. The summed E-state index contributed by atoms with van der Waals surface area (Å²) in [5.41, 5.74) is 2.05. The van der Waals surface area contributed by atoms with Crippen LogP contribution in [0, 0.1) is 0 Å². The van der Waals surface area contributed by atoms with E-state index in [1.807, 2.05) is 24.3 Å². The standard InChI is InChI=1S/C16H16BrN3O2/c1-18-16(22)11-6-8-12(9-7-11)20-15(21)10-19-14-5-3-2-4-13(14)17/h2-9,19H,10H2,1H3,(H,18,22)(H,20,21). The summed E-state index contributed by atoms with van der Waals surface area (Å²) < 4.78 is 0.901. The van der Waals surface area contributed by atoms with Gasteiger partial charge in [0.05, 0.1) is 6.54 Å². The van der Waals surface area contributed by atoms with Gasteiger partial charge in [-0.3, -0.25) is 9.59 Å². The highest BCUT2D eigenvalue weighted by molar-refractivity contribution is 9.10. The molecule has 0 saturated heterocycles. The number of amides is 2. The summed E-state index contributed by atoms with van der Waals surface area (Å²) in [6.45, 7) is 0.153. The first-order chi connectivity index (χ1) is 10.6. The van der Waals surface area contributed by atoms with Crippen molar-refractivity contribution < 1.29 is 9.59 Å². The average molecular weight is 362 g/mol. The highest BCUT2D eigenvalue weighted by Crippen LogP contribution is 2.20. The molecule has 6 heteroatoms. The maximum absolute atomic E-state index is 11.9. The van der Waals surface area contributed by atoms with E-state index >= 15 is 0 Å². The summed E-state index contributed by atoms with van der Waals surface area (Å²) in [6, 6.07) is 14.3. The number of rotatable bonds is 5. The second kappa shape index (κ2) is 7.61. The lowest BCUT2D eigenvalue weighted by Gasteiger charge is -2.09. The molecule has 0 unspecified atom stereocenters. The van der Waals surface area contributed by atoms with E-state index in [-0.39, 0.29) is 18.4 Å². The second-order valence-corrected chi connectivity index (χ2v) is 5.39. The number of carbonyl (C=O) groups excluding carboxylic acids is 2. The Morgan fingerprint density at radius 2 is 1.73 bits per heavy atom. The highest BCUT2D eigenvalue weighted by atomic mass is 79.9. The van der Waals surface area contributed by atoms with Gasteiger partial charge in [-0.15, -0.1) is 0 Å². The minimum Gasteiger partial charge on any atom is -0.375 e. The van der Waals surface area contributed by atoms with Crippen molar-refractivity contribution in [3.63, 3.8) is 0 Å². The van der Waals surface area contributed by atoms with Gasteiger partial charge >= 0.3 is 0 Å². The molecule has 0 radical (unpaired) electrons. The topological polar surface area (TPSA) is 70.2 Å². The predicted molar refractivity (Wildman–Crippen MR) is 91.1 cm³/mol. The number of carbonyl (C=O) groups is 2. The molecule has 0 aliphatic heterocycles. The Hall–Kier alpha value is -2.34. The van der Waals surface area contributed by atoms with Crippen molar-refractivity contribution in [1.82, 2.24) is 5.32 Å². The monoisotopic (exact) mass is 361 g/mol. The van der Waals surface area contributed by atoms with Crippen molar-refractivity contribution in [1.29, 1.82) is 0 Å². The van der Waals surface area contributed by atoms with E-state index in [1.165, 1.54) is 0 Å². The number of benzene rings is 2. The third kappa shape index (κ3) is 4.33. The van der Waals surface area contributed by atoms with Crippen molar-refractivity contribution in [2.45, 2.75) is 0 Å². The first-order valence-corrected chi connectivity index (χ1v) is 7.50. The van der Waals surface area contributed by atoms with Crippen LogP contribution in [-0.2, 0) is 4.79 Å². The first kappa shape index (κ1) is 16.0. The molecule has 5 nitrogen and oxygen atoms in total. The van der Waals surface area contributed by atoms with Gasteiger partial charge in [-0.05, 0) is 52.3 Å². The maximum Gasteiger partial charge on any atom is 0.251 e. The Morgan fingerprint density at radius 3 is 2.36 bits per heavy atom. The van der Waals surface area contributed by atoms with Crippen LogP contribution in [-0.4, -0.2) is 25.4 Å². The zero-order chi connectivity index (χ0) is 15.9. The van der Waals surface area contributed by atoms with Gasteiger partial charge in [-0.25, -0.2) is 0 Å². The minimum absolute atomic E-state index is 0.153. The van der Waals surface area contributed by atoms with Crippen LogP contribution in [0.1, 0.15) is 10.4 Å². The van der Waals surface area contributed by atoms with Gasteiger partial charge in [0.1, 0.15) is 0 Å². The van der Waals surface area contributed by atoms with Gasteiger partial charge in [-0.1, -0.05) is 12.1 Å². The van der Waals surface area contributed by atoms with Gasteiger partial charge < -0.3 is 16.0 Å². The molecule has 0 spiro atoms. The fourth-order valence-electron chi connectivity index (χ4n) is 1.83. The van der Waals surface area contributed by atoms with Crippen LogP contribution in [0.2, 0.25) is 0 Å². The van der Waals surface area contributed by atoms with Crippen LogP contribution in [0.5, 0.6) is 0 Å². The molecule has 0 saturated carbocycles. The molecular weight excluding hydrogens is 346 g/mol. The minimum atomic E-state index is -0.163. The molecule has 0 aromatic heterocycles. The molecular formula is C16H16BrN3O2. The van der Waals surface area contributed by atoms with E-state index in [1.54, 1.807) is 31.3 Å². The Balaban J connectivity index is 1.89.